The number of carbonyl (C=O) groups excluding carboxylic acids is 2. The van der Waals surface area contributed by atoms with Crippen LogP contribution in [0.1, 0.15) is 16.8 Å². The zero-order valence-corrected chi connectivity index (χ0v) is 10.9. The van der Waals surface area contributed by atoms with E-state index in [1.165, 1.54) is 0 Å². The Morgan fingerprint density at radius 3 is 2.26 bits per heavy atom. The highest BCUT2D eigenvalue weighted by Gasteiger charge is 2.14. The lowest BCUT2D eigenvalue weighted by Crippen LogP contribution is -2.16. The fourth-order valence-corrected chi connectivity index (χ4v) is 1.90. The molecule has 0 aromatic heterocycles. The van der Waals surface area contributed by atoms with Crippen molar-refractivity contribution in [3.8, 4) is 0 Å². The summed E-state index contributed by atoms with van der Waals surface area (Å²) in [6.07, 6.45) is -0.224. The minimum Gasteiger partial charge on any atom is -0.326 e. The van der Waals surface area contributed by atoms with E-state index >= 15 is 0 Å². The fourth-order valence-electron chi connectivity index (χ4n) is 1.66. The Hall–Kier alpha value is -2.13. The summed E-state index contributed by atoms with van der Waals surface area (Å²) in [6.45, 7) is 0. The molecule has 0 saturated carbocycles. The van der Waals surface area contributed by atoms with Crippen molar-refractivity contribution in [1.82, 2.24) is 0 Å². The molecule has 0 aliphatic rings. The van der Waals surface area contributed by atoms with Crippen LogP contribution in [0.4, 0.5) is 5.69 Å². The Bertz CT molecular complexity index is 596. The lowest BCUT2D eigenvalue weighted by Gasteiger charge is -2.05. The number of para-hydroxylation sites is 1. The Balaban J connectivity index is 2.00. The van der Waals surface area contributed by atoms with Crippen LogP contribution in [0.5, 0.6) is 0 Å². The molecule has 2 aromatic carbocycles. The van der Waals surface area contributed by atoms with Gasteiger partial charge < -0.3 is 5.32 Å². The molecule has 0 bridgehead atoms. The first-order valence-electron chi connectivity index (χ1n) is 5.79. The van der Waals surface area contributed by atoms with Gasteiger partial charge >= 0.3 is 0 Å². The van der Waals surface area contributed by atoms with E-state index in [9.17, 15) is 9.59 Å². The third-order valence-corrected chi connectivity index (χ3v) is 2.88. The predicted octanol–water partition coefficient (Wildman–Crippen LogP) is 3.55. The van der Waals surface area contributed by atoms with Crippen molar-refractivity contribution in [2.45, 2.75) is 6.42 Å². The van der Waals surface area contributed by atoms with Gasteiger partial charge in [0.05, 0.1) is 11.4 Å². The van der Waals surface area contributed by atoms with Crippen molar-refractivity contribution in [1.29, 1.82) is 0 Å². The number of benzene rings is 2. The van der Waals surface area contributed by atoms with Gasteiger partial charge in [-0.15, -0.1) is 0 Å². The summed E-state index contributed by atoms with van der Waals surface area (Å²) >= 11 is 5.91. The lowest BCUT2D eigenvalue weighted by molar-refractivity contribution is -0.115. The molecule has 3 nitrogen and oxygen atoms in total. The van der Waals surface area contributed by atoms with E-state index in [4.69, 9.17) is 11.6 Å². The lowest BCUT2D eigenvalue weighted by atomic mass is 10.1. The van der Waals surface area contributed by atoms with E-state index < -0.39 is 0 Å². The zero-order chi connectivity index (χ0) is 13.7. The molecule has 1 amide bonds. The van der Waals surface area contributed by atoms with E-state index in [-0.39, 0.29) is 18.1 Å². The quantitative estimate of drug-likeness (QED) is 0.684. The molecule has 4 heteroatoms. The number of ketones is 1. The molecule has 0 saturated heterocycles. The van der Waals surface area contributed by atoms with Gasteiger partial charge in [-0.1, -0.05) is 41.9 Å². The highest BCUT2D eigenvalue weighted by Crippen LogP contribution is 2.17. The second kappa shape index (κ2) is 6.16. The molecule has 0 unspecified atom stereocenters. The standard InChI is InChI=1S/C15H12ClNO2/c16-13-9-5-4-8-12(13)14(18)10-15(19)17-11-6-2-1-3-7-11/h1-9H,10H2,(H,17,19). The van der Waals surface area contributed by atoms with Crippen LogP contribution in [0.25, 0.3) is 0 Å². The largest absolute Gasteiger partial charge is 0.326 e. The van der Waals surface area contributed by atoms with Crippen LogP contribution in [-0.2, 0) is 4.79 Å². The van der Waals surface area contributed by atoms with Crippen LogP contribution in [0, 0.1) is 0 Å². The van der Waals surface area contributed by atoms with Gasteiger partial charge in [0.2, 0.25) is 5.91 Å². The van der Waals surface area contributed by atoms with E-state index in [1.54, 1.807) is 36.4 Å². The van der Waals surface area contributed by atoms with E-state index in [0.29, 0.717) is 16.3 Å². The van der Waals surface area contributed by atoms with Gasteiger partial charge in [-0.05, 0) is 24.3 Å². The summed E-state index contributed by atoms with van der Waals surface area (Å²) in [5.74, 6) is -0.643. The molecule has 0 heterocycles. The molecule has 0 spiro atoms. The zero-order valence-electron chi connectivity index (χ0n) is 10.1. The normalized spacial score (nSPS) is 9.95. The highest BCUT2D eigenvalue weighted by atomic mass is 35.5. The smallest absolute Gasteiger partial charge is 0.232 e. The van der Waals surface area contributed by atoms with Gasteiger partial charge in [-0.3, -0.25) is 9.59 Å². The van der Waals surface area contributed by atoms with Crippen molar-refractivity contribution in [2.24, 2.45) is 0 Å². The maximum atomic E-state index is 11.9. The molecule has 96 valence electrons. The Labute approximate surface area is 116 Å². The third-order valence-electron chi connectivity index (χ3n) is 2.55. The number of rotatable bonds is 4. The summed E-state index contributed by atoms with van der Waals surface area (Å²) < 4.78 is 0. The average Bonchev–Trinajstić information content (AvgIpc) is 2.40. The molecule has 2 rings (SSSR count). The fraction of sp³-hybridized carbons (Fsp3) is 0.0667. The number of anilines is 1. The third kappa shape index (κ3) is 3.66. The Morgan fingerprint density at radius 1 is 0.947 bits per heavy atom. The number of nitrogens with one attached hydrogen (secondary N) is 1. The molecule has 0 aliphatic heterocycles. The van der Waals surface area contributed by atoms with Crippen LogP contribution >= 0.6 is 11.6 Å². The van der Waals surface area contributed by atoms with Gasteiger partial charge in [0, 0.05) is 11.3 Å². The first-order valence-corrected chi connectivity index (χ1v) is 6.17. The Morgan fingerprint density at radius 2 is 1.58 bits per heavy atom. The molecule has 0 fully saturated rings. The minimum absolute atomic E-state index is 0.224. The van der Waals surface area contributed by atoms with Crippen LogP contribution in [0.3, 0.4) is 0 Å². The molecule has 0 aliphatic carbocycles. The van der Waals surface area contributed by atoms with Crippen LogP contribution < -0.4 is 5.32 Å². The first-order chi connectivity index (χ1) is 9.16. The summed E-state index contributed by atoms with van der Waals surface area (Å²) in [4.78, 5) is 23.7. The second-order valence-electron chi connectivity index (χ2n) is 3.99. The van der Waals surface area contributed by atoms with Crippen LogP contribution in [-0.4, -0.2) is 11.7 Å². The average molecular weight is 274 g/mol. The molecule has 2 aromatic rings. The predicted molar refractivity (Wildman–Crippen MR) is 75.5 cm³/mol. The molecular formula is C15H12ClNO2. The van der Waals surface area contributed by atoms with Crippen molar-refractivity contribution >= 4 is 29.0 Å². The van der Waals surface area contributed by atoms with Crippen molar-refractivity contribution in [3.05, 3.63) is 65.2 Å². The maximum absolute atomic E-state index is 11.9. The second-order valence-corrected chi connectivity index (χ2v) is 4.40. The minimum atomic E-state index is -0.351. The SMILES string of the molecule is O=C(CC(=O)c1ccccc1Cl)Nc1ccccc1. The number of amides is 1. The number of hydrogen-bond acceptors (Lipinski definition) is 2. The maximum Gasteiger partial charge on any atom is 0.232 e. The first kappa shape index (κ1) is 13.3. The molecule has 1 N–H and O–H groups in total. The Kier molecular flexibility index (Phi) is 4.31. The van der Waals surface area contributed by atoms with Gasteiger partial charge in [0.15, 0.2) is 5.78 Å². The number of halogens is 1. The summed E-state index contributed by atoms with van der Waals surface area (Å²) in [5, 5.41) is 3.02. The monoisotopic (exact) mass is 273 g/mol. The highest BCUT2D eigenvalue weighted by molar-refractivity contribution is 6.34. The van der Waals surface area contributed by atoms with Crippen molar-refractivity contribution in [3.63, 3.8) is 0 Å². The van der Waals surface area contributed by atoms with E-state index in [2.05, 4.69) is 5.32 Å². The summed E-state index contributed by atoms with van der Waals surface area (Å²) in [5.41, 5.74) is 1.03. The van der Waals surface area contributed by atoms with Crippen LogP contribution in [0.2, 0.25) is 5.02 Å². The molecular weight excluding hydrogens is 262 g/mol. The molecule has 19 heavy (non-hydrogen) atoms. The number of Topliss-reactive ketones (excluding diaryl/α,β-unsaturated/α-hetero) is 1. The van der Waals surface area contributed by atoms with Crippen LogP contribution in [0.15, 0.2) is 54.6 Å². The van der Waals surface area contributed by atoms with Gasteiger partial charge in [-0.25, -0.2) is 0 Å². The van der Waals surface area contributed by atoms with E-state index in [0.717, 1.165) is 0 Å². The number of carbonyl (C=O) groups is 2. The topological polar surface area (TPSA) is 46.2 Å². The summed E-state index contributed by atoms with van der Waals surface area (Å²) in [6, 6.07) is 15.7. The number of hydrogen-bond donors (Lipinski definition) is 1. The molecule has 0 radical (unpaired) electrons. The van der Waals surface area contributed by atoms with Gasteiger partial charge in [0.25, 0.3) is 0 Å². The van der Waals surface area contributed by atoms with E-state index in [1.807, 2.05) is 18.2 Å². The molecule has 0 atom stereocenters. The van der Waals surface area contributed by atoms with Gasteiger partial charge in [-0.2, -0.15) is 0 Å². The summed E-state index contributed by atoms with van der Waals surface area (Å²) in [7, 11) is 0. The van der Waals surface area contributed by atoms with Gasteiger partial charge in [0.1, 0.15) is 0 Å². The van der Waals surface area contributed by atoms with Crippen molar-refractivity contribution in [2.75, 3.05) is 5.32 Å². The van der Waals surface area contributed by atoms with Crippen molar-refractivity contribution < 1.29 is 9.59 Å².